The molecule has 0 aliphatic heterocycles. The minimum Gasteiger partial charge on any atom is -0.444 e. The van der Waals surface area contributed by atoms with Crippen LogP contribution in [0.3, 0.4) is 0 Å². The van der Waals surface area contributed by atoms with E-state index in [0.717, 1.165) is 0 Å². The van der Waals surface area contributed by atoms with Crippen LogP contribution in [-0.2, 0) is 9.47 Å². The highest BCUT2D eigenvalue weighted by molar-refractivity contribution is 5.68. The molecular formula is C12H26N2O3. The van der Waals surface area contributed by atoms with Gasteiger partial charge in [0.05, 0.1) is 12.7 Å². The van der Waals surface area contributed by atoms with E-state index in [1.165, 1.54) is 0 Å². The van der Waals surface area contributed by atoms with Gasteiger partial charge >= 0.3 is 6.09 Å². The lowest BCUT2D eigenvalue weighted by Gasteiger charge is -2.27. The highest BCUT2D eigenvalue weighted by Gasteiger charge is 2.21. The van der Waals surface area contributed by atoms with Gasteiger partial charge in [-0.05, 0) is 34.6 Å². The third-order valence-electron chi connectivity index (χ3n) is 1.86. The van der Waals surface area contributed by atoms with Crippen LogP contribution >= 0.6 is 0 Å². The molecule has 0 heterocycles. The molecule has 0 atom stereocenters. The van der Waals surface area contributed by atoms with Gasteiger partial charge in [0.15, 0.2) is 0 Å². The van der Waals surface area contributed by atoms with Gasteiger partial charge in [-0.25, -0.2) is 4.79 Å². The van der Waals surface area contributed by atoms with Crippen LogP contribution in [-0.4, -0.2) is 48.9 Å². The Morgan fingerprint density at radius 2 is 1.88 bits per heavy atom. The third-order valence-corrected chi connectivity index (χ3v) is 1.86. The molecule has 1 amide bonds. The highest BCUT2D eigenvalue weighted by atomic mass is 16.6. The normalized spacial score (nSPS) is 11.7. The maximum Gasteiger partial charge on any atom is 0.410 e. The van der Waals surface area contributed by atoms with Gasteiger partial charge in [-0.15, -0.1) is 0 Å². The number of nitrogens with zero attached hydrogens (tertiary/aromatic N) is 1. The summed E-state index contributed by atoms with van der Waals surface area (Å²) in [6.07, 6.45) is -0.177. The van der Waals surface area contributed by atoms with Gasteiger partial charge in [-0.3, -0.25) is 0 Å². The molecule has 0 radical (unpaired) electrons. The number of hydrogen-bond acceptors (Lipinski definition) is 4. The molecule has 5 heteroatoms. The minimum absolute atomic E-state index is 0.161. The van der Waals surface area contributed by atoms with E-state index in [0.29, 0.717) is 26.2 Å². The van der Waals surface area contributed by atoms with Crippen molar-refractivity contribution in [3.8, 4) is 0 Å². The summed E-state index contributed by atoms with van der Waals surface area (Å²) in [6, 6.07) is 0. The van der Waals surface area contributed by atoms with Gasteiger partial charge in [0, 0.05) is 19.6 Å². The van der Waals surface area contributed by atoms with Gasteiger partial charge in [0.1, 0.15) is 5.60 Å². The zero-order valence-corrected chi connectivity index (χ0v) is 11.7. The van der Waals surface area contributed by atoms with Crippen LogP contribution in [0.5, 0.6) is 0 Å². The Kier molecular flexibility index (Phi) is 7.15. The quantitative estimate of drug-likeness (QED) is 0.773. The molecule has 0 bridgehead atoms. The first-order valence-corrected chi connectivity index (χ1v) is 6.06. The van der Waals surface area contributed by atoms with Crippen LogP contribution in [0.2, 0.25) is 0 Å². The van der Waals surface area contributed by atoms with E-state index in [4.69, 9.17) is 15.2 Å². The Balaban J connectivity index is 4.16. The Hall–Kier alpha value is -0.810. The minimum atomic E-state index is -0.483. The summed E-state index contributed by atoms with van der Waals surface area (Å²) in [5.41, 5.74) is 4.99. The Bertz CT molecular complexity index is 224. The van der Waals surface area contributed by atoms with Crippen molar-refractivity contribution in [2.24, 2.45) is 5.73 Å². The van der Waals surface area contributed by atoms with Crippen molar-refractivity contribution in [2.75, 3.05) is 26.2 Å². The van der Waals surface area contributed by atoms with Crippen molar-refractivity contribution in [1.29, 1.82) is 0 Å². The summed E-state index contributed by atoms with van der Waals surface area (Å²) in [7, 11) is 0. The summed E-state index contributed by atoms with van der Waals surface area (Å²) < 4.78 is 10.7. The van der Waals surface area contributed by atoms with Crippen LogP contribution < -0.4 is 5.73 Å². The van der Waals surface area contributed by atoms with Crippen LogP contribution in [0.4, 0.5) is 4.79 Å². The number of ether oxygens (including phenoxy) is 2. The molecule has 0 aromatic rings. The van der Waals surface area contributed by atoms with Crippen molar-refractivity contribution < 1.29 is 14.3 Å². The second-order valence-electron chi connectivity index (χ2n) is 5.18. The predicted molar refractivity (Wildman–Crippen MR) is 67.9 cm³/mol. The van der Waals surface area contributed by atoms with E-state index in [9.17, 15) is 4.79 Å². The molecule has 5 nitrogen and oxygen atoms in total. The number of carbonyl (C=O) groups excluding carboxylic acids is 1. The van der Waals surface area contributed by atoms with E-state index in [1.54, 1.807) is 4.90 Å². The summed E-state index contributed by atoms with van der Waals surface area (Å²) in [6.45, 7) is 11.3. The molecule has 2 N–H and O–H groups in total. The largest absolute Gasteiger partial charge is 0.444 e. The number of amides is 1. The number of hydrogen-bond donors (Lipinski definition) is 1. The lowest BCUT2D eigenvalue weighted by Crippen LogP contribution is -2.41. The van der Waals surface area contributed by atoms with Crippen molar-refractivity contribution in [1.82, 2.24) is 4.90 Å². The number of carbonyl (C=O) groups is 1. The van der Waals surface area contributed by atoms with Gasteiger partial charge in [0.2, 0.25) is 0 Å². The topological polar surface area (TPSA) is 64.8 Å². The van der Waals surface area contributed by atoms with Crippen LogP contribution in [0.15, 0.2) is 0 Å². The molecule has 0 aliphatic carbocycles. The van der Waals surface area contributed by atoms with Gasteiger partial charge in [-0.1, -0.05) is 0 Å². The molecule has 0 aromatic carbocycles. The molecule has 0 saturated carbocycles. The fourth-order valence-electron chi connectivity index (χ4n) is 1.18. The molecule has 17 heavy (non-hydrogen) atoms. The standard InChI is InChI=1S/C12H26N2O3/c1-10(2)16-9-8-14(7-6-13)11(15)17-12(3,4)5/h10H,6-9,13H2,1-5H3. The molecule has 0 aromatic heterocycles. The first kappa shape index (κ1) is 16.2. The average molecular weight is 246 g/mol. The first-order chi connectivity index (χ1) is 7.76. The predicted octanol–water partition coefficient (Wildman–Crippen LogP) is 1.61. The molecule has 0 unspecified atom stereocenters. The Morgan fingerprint density at radius 1 is 1.29 bits per heavy atom. The van der Waals surface area contributed by atoms with E-state index in [1.807, 2.05) is 34.6 Å². The van der Waals surface area contributed by atoms with Crippen molar-refractivity contribution in [3.05, 3.63) is 0 Å². The number of rotatable bonds is 6. The van der Waals surface area contributed by atoms with Crippen LogP contribution in [0.25, 0.3) is 0 Å². The molecule has 0 fully saturated rings. The average Bonchev–Trinajstić information content (AvgIpc) is 2.13. The van der Waals surface area contributed by atoms with E-state index in [2.05, 4.69) is 0 Å². The fraction of sp³-hybridized carbons (Fsp3) is 0.917. The molecule has 0 rings (SSSR count). The van der Waals surface area contributed by atoms with Gasteiger partial charge in [0.25, 0.3) is 0 Å². The summed E-state index contributed by atoms with van der Waals surface area (Å²) in [5.74, 6) is 0. The Morgan fingerprint density at radius 3 is 2.29 bits per heavy atom. The lowest BCUT2D eigenvalue weighted by molar-refractivity contribution is 0.0124. The molecule has 0 aliphatic rings. The summed E-state index contributed by atoms with van der Waals surface area (Å²) in [5, 5.41) is 0. The monoisotopic (exact) mass is 246 g/mol. The van der Waals surface area contributed by atoms with Crippen molar-refractivity contribution in [3.63, 3.8) is 0 Å². The Labute approximate surface area is 104 Å². The number of nitrogens with two attached hydrogens (primary N) is 1. The fourth-order valence-corrected chi connectivity index (χ4v) is 1.18. The molecule has 0 spiro atoms. The molecule has 102 valence electrons. The molecule has 0 saturated heterocycles. The lowest BCUT2D eigenvalue weighted by atomic mass is 10.2. The zero-order chi connectivity index (χ0) is 13.5. The van der Waals surface area contributed by atoms with E-state index < -0.39 is 5.60 Å². The van der Waals surface area contributed by atoms with E-state index >= 15 is 0 Å². The summed E-state index contributed by atoms with van der Waals surface area (Å²) in [4.78, 5) is 13.4. The van der Waals surface area contributed by atoms with Gasteiger partial charge in [-0.2, -0.15) is 0 Å². The van der Waals surface area contributed by atoms with Gasteiger partial charge < -0.3 is 20.1 Å². The van der Waals surface area contributed by atoms with E-state index in [-0.39, 0.29) is 12.2 Å². The first-order valence-electron chi connectivity index (χ1n) is 6.06. The second kappa shape index (κ2) is 7.50. The van der Waals surface area contributed by atoms with Crippen molar-refractivity contribution in [2.45, 2.75) is 46.3 Å². The van der Waals surface area contributed by atoms with Crippen molar-refractivity contribution >= 4 is 6.09 Å². The highest BCUT2D eigenvalue weighted by Crippen LogP contribution is 2.09. The second-order valence-corrected chi connectivity index (χ2v) is 5.18. The maximum atomic E-state index is 11.8. The smallest absolute Gasteiger partial charge is 0.410 e. The molecular weight excluding hydrogens is 220 g/mol. The third kappa shape index (κ3) is 8.94. The maximum absolute atomic E-state index is 11.8. The SMILES string of the molecule is CC(C)OCCN(CCN)C(=O)OC(C)(C)C. The zero-order valence-electron chi connectivity index (χ0n) is 11.7. The van der Waals surface area contributed by atoms with Crippen LogP contribution in [0, 0.1) is 0 Å². The summed E-state index contributed by atoms with van der Waals surface area (Å²) >= 11 is 0. The van der Waals surface area contributed by atoms with Crippen LogP contribution in [0.1, 0.15) is 34.6 Å².